The highest BCUT2D eigenvalue weighted by Gasteiger charge is 2.27. The zero-order chi connectivity index (χ0) is 17.6. The van der Waals surface area contributed by atoms with Crippen LogP contribution in [-0.4, -0.2) is 55.5 Å². The molecular weight excluding hydrogens is 310 g/mol. The summed E-state index contributed by atoms with van der Waals surface area (Å²) in [6, 6.07) is 11.2. The molecule has 0 bridgehead atoms. The summed E-state index contributed by atoms with van der Waals surface area (Å²) in [6.07, 6.45) is 6.93. The number of carbonyl (C=O) groups is 1. The summed E-state index contributed by atoms with van der Waals surface area (Å²) < 4.78 is 0. The van der Waals surface area contributed by atoms with Gasteiger partial charge in [-0.3, -0.25) is 4.79 Å². The quantitative estimate of drug-likeness (QED) is 0.862. The van der Waals surface area contributed by atoms with Gasteiger partial charge in [-0.2, -0.15) is 0 Å². The van der Waals surface area contributed by atoms with Crippen molar-refractivity contribution in [3.05, 3.63) is 35.9 Å². The molecule has 3 rings (SSSR count). The highest BCUT2D eigenvalue weighted by molar-refractivity contribution is 5.79. The fraction of sp³-hybridized carbons (Fsp3) is 0.667. The molecule has 1 aromatic carbocycles. The number of likely N-dealkylation sites (N-methyl/N-ethyl adjacent to an activating group) is 1. The smallest absolute Gasteiger partial charge is 0.223 e. The molecule has 1 unspecified atom stereocenters. The van der Waals surface area contributed by atoms with Crippen molar-refractivity contribution in [2.75, 3.05) is 33.7 Å². The molecular formula is C21H33N3O. The van der Waals surface area contributed by atoms with Crippen molar-refractivity contribution >= 4 is 5.91 Å². The molecule has 1 aliphatic carbocycles. The van der Waals surface area contributed by atoms with Crippen LogP contribution in [0.15, 0.2) is 30.3 Å². The second kappa shape index (κ2) is 8.81. The fourth-order valence-electron chi connectivity index (χ4n) is 4.27. The number of likely N-dealkylation sites (tertiary alicyclic amines) is 1. The van der Waals surface area contributed by atoms with E-state index in [0.29, 0.717) is 6.04 Å². The van der Waals surface area contributed by atoms with E-state index in [0.717, 1.165) is 19.4 Å². The Labute approximate surface area is 152 Å². The molecule has 0 spiro atoms. The Kier molecular flexibility index (Phi) is 6.49. The van der Waals surface area contributed by atoms with Gasteiger partial charge in [0.15, 0.2) is 0 Å². The van der Waals surface area contributed by atoms with Gasteiger partial charge in [0.05, 0.1) is 6.04 Å². The molecule has 1 saturated heterocycles. The van der Waals surface area contributed by atoms with Crippen molar-refractivity contribution in [3.8, 4) is 0 Å². The van der Waals surface area contributed by atoms with Crippen molar-refractivity contribution in [3.63, 3.8) is 0 Å². The molecule has 138 valence electrons. The summed E-state index contributed by atoms with van der Waals surface area (Å²) in [7, 11) is 4.42. The van der Waals surface area contributed by atoms with Crippen LogP contribution in [0.2, 0.25) is 0 Å². The second-order valence-electron chi connectivity index (χ2n) is 7.93. The van der Waals surface area contributed by atoms with E-state index in [4.69, 9.17) is 0 Å². The van der Waals surface area contributed by atoms with Crippen molar-refractivity contribution < 1.29 is 4.79 Å². The van der Waals surface area contributed by atoms with Crippen LogP contribution in [-0.2, 0) is 4.79 Å². The maximum Gasteiger partial charge on any atom is 0.223 e. The first kappa shape index (κ1) is 18.4. The molecule has 0 aromatic heterocycles. The molecule has 1 atom stereocenters. The van der Waals surface area contributed by atoms with Gasteiger partial charge in [0, 0.05) is 18.5 Å². The van der Waals surface area contributed by atoms with Crippen LogP contribution in [0, 0.1) is 5.92 Å². The van der Waals surface area contributed by atoms with Crippen LogP contribution in [0.25, 0.3) is 0 Å². The third kappa shape index (κ3) is 5.05. The average Bonchev–Trinajstić information content (AvgIpc) is 3.17. The summed E-state index contributed by atoms with van der Waals surface area (Å²) in [5.74, 6) is 0.475. The summed E-state index contributed by atoms with van der Waals surface area (Å²) in [4.78, 5) is 17.6. The van der Waals surface area contributed by atoms with Gasteiger partial charge in [-0.05, 0) is 58.4 Å². The first-order valence-electron chi connectivity index (χ1n) is 9.87. The summed E-state index contributed by atoms with van der Waals surface area (Å²) >= 11 is 0. The van der Waals surface area contributed by atoms with E-state index >= 15 is 0 Å². The van der Waals surface area contributed by atoms with Crippen LogP contribution >= 0.6 is 0 Å². The lowest BCUT2D eigenvalue weighted by atomic mass is 10.0. The Hall–Kier alpha value is -1.39. The lowest BCUT2D eigenvalue weighted by Gasteiger charge is -2.37. The molecule has 25 heavy (non-hydrogen) atoms. The van der Waals surface area contributed by atoms with E-state index in [9.17, 15) is 4.79 Å². The fourth-order valence-corrected chi connectivity index (χ4v) is 4.27. The Bertz CT molecular complexity index is 533. The first-order valence-corrected chi connectivity index (χ1v) is 9.87. The highest BCUT2D eigenvalue weighted by atomic mass is 16.2. The molecule has 0 radical (unpaired) electrons. The van der Waals surface area contributed by atoms with Crippen molar-refractivity contribution in [1.29, 1.82) is 0 Å². The van der Waals surface area contributed by atoms with Gasteiger partial charge < -0.3 is 15.1 Å². The predicted octanol–water partition coefficient (Wildman–Crippen LogP) is 3.06. The monoisotopic (exact) mass is 343 g/mol. The number of hydrogen-bond donors (Lipinski definition) is 1. The Morgan fingerprint density at radius 3 is 2.44 bits per heavy atom. The van der Waals surface area contributed by atoms with Gasteiger partial charge in [-0.1, -0.05) is 43.2 Å². The topological polar surface area (TPSA) is 35.6 Å². The number of nitrogens with zero attached hydrogens (tertiary/aromatic N) is 2. The first-order chi connectivity index (χ1) is 12.1. The SMILES string of the molecule is CN1CCC(N(C)CC(NC(=O)C2CCCC2)c2ccccc2)CC1. The van der Waals surface area contributed by atoms with Crippen molar-refractivity contribution in [2.24, 2.45) is 5.92 Å². The summed E-state index contributed by atoms with van der Waals surface area (Å²) in [6.45, 7) is 3.22. The number of nitrogens with one attached hydrogen (secondary N) is 1. The number of rotatable bonds is 6. The van der Waals surface area contributed by atoms with Crippen molar-refractivity contribution in [2.45, 2.75) is 50.6 Å². The number of hydrogen-bond acceptors (Lipinski definition) is 3. The Morgan fingerprint density at radius 1 is 1.16 bits per heavy atom. The third-order valence-electron chi connectivity index (χ3n) is 6.03. The summed E-state index contributed by atoms with van der Waals surface area (Å²) in [5.41, 5.74) is 1.22. The van der Waals surface area contributed by atoms with Crippen LogP contribution in [0.1, 0.15) is 50.1 Å². The number of amides is 1. The van der Waals surface area contributed by atoms with Gasteiger partial charge in [-0.15, -0.1) is 0 Å². The van der Waals surface area contributed by atoms with Crippen LogP contribution in [0.4, 0.5) is 0 Å². The molecule has 4 nitrogen and oxygen atoms in total. The zero-order valence-electron chi connectivity index (χ0n) is 15.8. The lowest BCUT2D eigenvalue weighted by Crippen LogP contribution is -2.46. The maximum absolute atomic E-state index is 12.7. The van der Waals surface area contributed by atoms with Crippen LogP contribution in [0.3, 0.4) is 0 Å². The molecule has 2 fully saturated rings. The minimum atomic E-state index is 0.0824. The molecule has 1 saturated carbocycles. The number of carbonyl (C=O) groups excluding carboxylic acids is 1. The largest absolute Gasteiger partial charge is 0.348 e. The van der Waals surface area contributed by atoms with Crippen LogP contribution < -0.4 is 5.32 Å². The van der Waals surface area contributed by atoms with E-state index < -0.39 is 0 Å². The number of piperidine rings is 1. The van der Waals surface area contributed by atoms with Gasteiger partial charge in [0.2, 0.25) is 5.91 Å². The minimum Gasteiger partial charge on any atom is -0.348 e. The van der Waals surface area contributed by atoms with E-state index in [2.05, 4.69) is 53.5 Å². The van der Waals surface area contributed by atoms with E-state index in [-0.39, 0.29) is 17.9 Å². The second-order valence-corrected chi connectivity index (χ2v) is 7.93. The minimum absolute atomic E-state index is 0.0824. The van der Waals surface area contributed by atoms with Gasteiger partial charge in [0.25, 0.3) is 0 Å². The molecule has 1 amide bonds. The molecule has 1 aromatic rings. The normalized spacial score (nSPS) is 21.6. The van der Waals surface area contributed by atoms with Gasteiger partial charge >= 0.3 is 0 Å². The Balaban J connectivity index is 1.64. The molecule has 1 aliphatic heterocycles. The van der Waals surface area contributed by atoms with E-state index in [1.165, 1.54) is 44.3 Å². The maximum atomic E-state index is 12.7. The summed E-state index contributed by atoms with van der Waals surface area (Å²) in [5, 5.41) is 3.36. The van der Waals surface area contributed by atoms with E-state index in [1.807, 2.05) is 6.07 Å². The predicted molar refractivity (Wildman–Crippen MR) is 102 cm³/mol. The van der Waals surface area contributed by atoms with E-state index in [1.54, 1.807) is 0 Å². The van der Waals surface area contributed by atoms with Gasteiger partial charge in [0.1, 0.15) is 0 Å². The lowest BCUT2D eigenvalue weighted by molar-refractivity contribution is -0.125. The Morgan fingerprint density at radius 2 is 1.80 bits per heavy atom. The average molecular weight is 344 g/mol. The highest BCUT2D eigenvalue weighted by Crippen LogP contribution is 2.26. The number of benzene rings is 1. The van der Waals surface area contributed by atoms with Gasteiger partial charge in [-0.25, -0.2) is 0 Å². The standard InChI is InChI=1S/C21H33N3O/c1-23-14-12-19(13-15-23)24(2)16-20(17-8-4-3-5-9-17)22-21(25)18-10-6-7-11-18/h3-5,8-9,18-20H,6-7,10-16H2,1-2H3,(H,22,25). The molecule has 1 heterocycles. The van der Waals surface area contributed by atoms with Crippen LogP contribution in [0.5, 0.6) is 0 Å². The zero-order valence-corrected chi connectivity index (χ0v) is 15.8. The van der Waals surface area contributed by atoms with Crippen molar-refractivity contribution in [1.82, 2.24) is 15.1 Å². The third-order valence-corrected chi connectivity index (χ3v) is 6.03. The molecule has 4 heteroatoms. The molecule has 1 N–H and O–H groups in total. The molecule has 2 aliphatic rings.